The maximum atomic E-state index is 12.2. The number of halogens is 1. The van der Waals surface area contributed by atoms with Crippen LogP contribution in [0.2, 0.25) is 0 Å². The van der Waals surface area contributed by atoms with Crippen LogP contribution in [0.1, 0.15) is 12.5 Å². The molecule has 1 fully saturated rings. The molecule has 1 amide bonds. The Morgan fingerprint density at radius 1 is 1.36 bits per heavy atom. The minimum absolute atomic E-state index is 0.154. The van der Waals surface area contributed by atoms with Crippen LogP contribution in [0.5, 0.6) is 11.5 Å². The molecule has 0 bridgehead atoms. The van der Waals surface area contributed by atoms with E-state index in [1.807, 2.05) is 6.92 Å². The van der Waals surface area contributed by atoms with Crippen molar-refractivity contribution in [1.29, 1.82) is 0 Å². The van der Waals surface area contributed by atoms with E-state index in [0.717, 1.165) is 17.5 Å². The molecule has 0 spiro atoms. The van der Waals surface area contributed by atoms with Crippen LogP contribution in [-0.4, -0.2) is 27.7 Å². The molecule has 2 N–H and O–H groups in total. The lowest BCUT2D eigenvalue weighted by Gasteiger charge is -2.03. The van der Waals surface area contributed by atoms with E-state index in [9.17, 15) is 20.0 Å². The van der Waals surface area contributed by atoms with Crippen molar-refractivity contribution >= 4 is 56.2 Å². The van der Waals surface area contributed by atoms with Crippen molar-refractivity contribution in [3.8, 4) is 11.5 Å². The number of nitro groups is 1. The van der Waals surface area contributed by atoms with Gasteiger partial charge in [0.2, 0.25) is 5.75 Å². The second-order valence-corrected chi connectivity index (χ2v) is 7.47. The van der Waals surface area contributed by atoms with Crippen molar-refractivity contribution in [1.82, 2.24) is 5.32 Å². The monoisotopic (exact) mass is 463 g/mol. The van der Waals surface area contributed by atoms with Gasteiger partial charge in [-0.25, -0.2) is 4.99 Å². The lowest BCUT2D eigenvalue weighted by Crippen LogP contribution is -2.19. The standard InChI is InChI=1S/C18H14BrN3O5S/c1-2-27-13-5-3-12(4-6-13)20-18-21-17(24)15(28-18)8-10-7-11(19)9-14(16(10)23)22(25)26/h3-9,23H,2H2,1H3,(H,20,21,24)/b15-8+. The fourth-order valence-electron chi connectivity index (χ4n) is 2.38. The molecule has 0 aromatic heterocycles. The molecule has 0 aliphatic carbocycles. The first-order valence-electron chi connectivity index (χ1n) is 8.06. The number of carbonyl (C=O) groups excluding carboxylic acids is 1. The summed E-state index contributed by atoms with van der Waals surface area (Å²) in [6, 6.07) is 9.76. The Labute approximate surface area is 172 Å². The number of nitrogens with one attached hydrogen (secondary N) is 1. The van der Waals surface area contributed by atoms with Gasteiger partial charge in [0.05, 0.1) is 22.1 Å². The van der Waals surface area contributed by atoms with Crippen LogP contribution >= 0.6 is 27.7 Å². The smallest absolute Gasteiger partial charge is 0.312 e. The highest BCUT2D eigenvalue weighted by atomic mass is 79.9. The summed E-state index contributed by atoms with van der Waals surface area (Å²) in [5.74, 6) is -0.190. The minimum Gasteiger partial charge on any atom is -0.502 e. The third-order valence-corrected chi connectivity index (χ3v) is 4.96. The number of ether oxygens (including phenoxy) is 1. The van der Waals surface area contributed by atoms with Crippen molar-refractivity contribution < 1.29 is 19.6 Å². The van der Waals surface area contributed by atoms with E-state index in [2.05, 4.69) is 26.2 Å². The van der Waals surface area contributed by atoms with E-state index in [0.29, 0.717) is 21.9 Å². The second kappa shape index (κ2) is 8.44. The normalized spacial score (nSPS) is 16.4. The molecular formula is C18H14BrN3O5S. The number of phenols is 1. The Kier molecular flexibility index (Phi) is 6.00. The highest BCUT2D eigenvalue weighted by Gasteiger charge is 2.25. The molecule has 2 aromatic carbocycles. The maximum absolute atomic E-state index is 12.2. The fourth-order valence-corrected chi connectivity index (χ4v) is 3.67. The lowest BCUT2D eigenvalue weighted by atomic mass is 10.1. The predicted octanol–water partition coefficient (Wildman–Crippen LogP) is 4.35. The number of amides is 1. The summed E-state index contributed by atoms with van der Waals surface area (Å²) in [6.45, 7) is 2.46. The Morgan fingerprint density at radius 3 is 2.71 bits per heavy atom. The number of hydrogen-bond acceptors (Lipinski definition) is 7. The van der Waals surface area contributed by atoms with Gasteiger partial charge in [-0.2, -0.15) is 0 Å². The summed E-state index contributed by atoms with van der Waals surface area (Å²) >= 11 is 4.24. The summed E-state index contributed by atoms with van der Waals surface area (Å²) in [7, 11) is 0. The van der Waals surface area contributed by atoms with E-state index in [1.165, 1.54) is 18.2 Å². The average molecular weight is 464 g/mol. The van der Waals surface area contributed by atoms with Gasteiger partial charge in [0, 0.05) is 16.1 Å². The molecule has 8 nitrogen and oxygen atoms in total. The van der Waals surface area contributed by atoms with Gasteiger partial charge in [-0.1, -0.05) is 15.9 Å². The summed E-state index contributed by atoms with van der Waals surface area (Å²) < 4.78 is 5.78. The van der Waals surface area contributed by atoms with Gasteiger partial charge in [0.15, 0.2) is 5.17 Å². The number of benzene rings is 2. The molecule has 0 unspecified atom stereocenters. The zero-order chi connectivity index (χ0) is 20.3. The Bertz CT molecular complexity index is 1010. The van der Waals surface area contributed by atoms with E-state index in [1.54, 1.807) is 24.3 Å². The van der Waals surface area contributed by atoms with Crippen LogP contribution in [0, 0.1) is 10.1 Å². The highest BCUT2D eigenvalue weighted by Crippen LogP contribution is 2.37. The first-order valence-corrected chi connectivity index (χ1v) is 9.67. The molecule has 0 radical (unpaired) electrons. The van der Waals surface area contributed by atoms with Crippen LogP contribution in [0.3, 0.4) is 0 Å². The van der Waals surface area contributed by atoms with Crippen molar-refractivity contribution in [3.63, 3.8) is 0 Å². The molecule has 28 heavy (non-hydrogen) atoms. The van der Waals surface area contributed by atoms with E-state index in [-0.39, 0.29) is 10.5 Å². The second-order valence-electron chi connectivity index (χ2n) is 5.53. The van der Waals surface area contributed by atoms with Gasteiger partial charge >= 0.3 is 5.69 Å². The number of phenolic OH excluding ortho intramolecular Hbond substituents is 1. The first kappa shape index (κ1) is 19.9. The van der Waals surface area contributed by atoms with Crippen molar-refractivity contribution in [2.24, 2.45) is 4.99 Å². The summed E-state index contributed by atoms with van der Waals surface area (Å²) in [6.07, 6.45) is 1.38. The lowest BCUT2D eigenvalue weighted by molar-refractivity contribution is -0.385. The number of amidine groups is 1. The van der Waals surface area contributed by atoms with E-state index >= 15 is 0 Å². The Hall–Kier alpha value is -2.85. The predicted molar refractivity (Wildman–Crippen MR) is 111 cm³/mol. The molecule has 0 atom stereocenters. The number of aromatic hydroxyl groups is 1. The van der Waals surface area contributed by atoms with Crippen molar-refractivity contribution in [2.75, 3.05) is 6.61 Å². The summed E-state index contributed by atoms with van der Waals surface area (Å²) in [5.41, 5.74) is 0.336. The van der Waals surface area contributed by atoms with Crippen LogP contribution in [0.25, 0.3) is 6.08 Å². The number of carbonyl (C=O) groups is 1. The average Bonchev–Trinajstić information content (AvgIpc) is 2.98. The number of nitro benzene ring substituents is 1. The number of thioether (sulfide) groups is 1. The van der Waals surface area contributed by atoms with Gasteiger partial charge in [-0.15, -0.1) is 0 Å². The maximum Gasteiger partial charge on any atom is 0.312 e. The molecule has 10 heteroatoms. The fraction of sp³-hybridized carbons (Fsp3) is 0.111. The van der Waals surface area contributed by atoms with E-state index in [4.69, 9.17) is 4.74 Å². The van der Waals surface area contributed by atoms with E-state index < -0.39 is 22.3 Å². The molecule has 1 saturated heterocycles. The zero-order valence-electron chi connectivity index (χ0n) is 14.5. The highest BCUT2D eigenvalue weighted by molar-refractivity contribution is 9.10. The molecule has 1 aliphatic rings. The molecule has 144 valence electrons. The van der Waals surface area contributed by atoms with Gasteiger partial charge in [-0.05, 0) is 55.1 Å². The van der Waals surface area contributed by atoms with Gasteiger partial charge in [0.25, 0.3) is 5.91 Å². The summed E-state index contributed by atoms with van der Waals surface area (Å²) in [4.78, 5) is 27.2. The Morgan fingerprint density at radius 2 is 2.07 bits per heavy atom. The largest absolute Gasteiger partial charge is 0.502 e. The van der Waals surface area contributed by atoms with Crippen molar-refractivity contribution in [3.05, 3.63) is 61.5 Å². The first-order chi connectivity index (χ1) is 13.4. The van der Waals surface area contributed by atoms with Gasteiger partial charge in [-0.3, -0.25) is 14.9 Å². The third-order valence-electron chi connectivity index (χ3n) is 3.60. The quantitative estimate of drug-likeness (QED) is 0.386. The van der Waals surface area contributed by atoms with Crippen LogP contribution in [-0.2, 0) is 4.79 Å². The molecule has 1 heterocycles. The Balaban J connectivity index is 1.86. The van der Waals surface area contributed by atoms with Crippen LogP contribution in [0.4, 0.5) is 11.4 Å². The van der Waals surface area contributed by atoms with Crippen molar-refractivity contribution in [2.45, 2.75) is 6.92 Å². The molecule has 3 rings (SSSR count). The molecule has 1 aliphatic heterocycles. The number of aliphatic imine (C=N–C) groups is 1. The number of rotatable bonds is 5. The SMILES string of the molecule is CCOc1ccc(N=C2NC(=O)/C(=C\c3cc(Br)cc([N+](=O)[O-])c3O)S2)cc1. The number of nitrogens with zero attached hydrogens (tertiary/aromatic N) is 2. The zero-order valence-corrected chi connectivity index (χ0v) is 16.9. The molecule has 2 aromatic rings. The third kappa shape index (κ3) is 4.52. The molecular weight excluding hydrogens is 450 g/mol. The summed E-state index contributed by atoms with van der Waals surface area (Å²) in [5, 5.41) is 24.1. The van der Waals surface area contributed by atoms with Gasteiger partial charge in [0.1, 0.15) is 5.75 Å². The van der Waals surface area contributed by atoms with Crippen LogP contribution < -0.4 is 10.1 Å². The minimum atomic E-state index is -0.692. The van der Waals surface area contributed by atoms with Crippen LogP contribution in [0.15, 0.2) is 50.8 Å². The number of hydrogen-bond donors (Lipinski definition) is 2. The van der Waals surface area contributed by atoms with Gasteiger partial charge < -0.3 is 15.2 Å². The molecule has 0 saturated carbocycles. The topological polar surface area (TPSA) is 114 Å².